The largest absolute Gasteiger partial charge is 0.513 e. The van der Waals surface area contributed by atoms with Crippen molar-refractivity contribution in [2.24, 2.45) is 0 Å². The fourth-order valence-corrected chi connectivity index (χ4v) is 3.09. The molecule has 30 heavy (non-hydrogen) atoms. The predicted octanol–water partition coefficient (Wildman–Crippen LogP) is 5.77. The summed E-state index contributed by atoms with van der Waals surface area (Å²) in [5.74, 6) is -1.09. The van der Waals surface area contributed by atoms with Crippen LogP contribution in [0.2, 0.25) is 0 Å². The molecule has 0 fully saturated rings. The number of aromatic nitrogens is 1. The fraction of sp³-hybridized carbons (Fsp3) is 0.174. The first kappa shape index (κ1) is 21.1. The Morgan fingerprint density at radius 3 is 1.97 bits per heavy atom. The van der Waals surface area contributed by atoms with Crippen LogP contribution in [0.5, 0.6) is 5.75 Å². The summed E-state index contributed by atoms with van der Waals surface area (Å²) in [5.41, 5.74) is 2.09. The Labute approximate surface area is 172 Å². The Morgan fingerprint density at radius 2 is 1.50 bits per heavy atom. The van der Waals surface area contributed by atoms with Crippen LogP contribution in [0.15, 0.2) is 48.5 Å². The van der Waals surface area contributed by atoms with E-state index in [9.17, 15) is 18.4 Å². The van der Waals surface area contributed by atoms with Crippen molar-refractivity contribution in [3.63, 3.8) is 0 Å². The number of methoxy groups -OCH3 is 1. The molecular formula is C23H19F2NO4. The number of halogens is 2. The summed E-state index contributed by atoms with van der Waals surface area (Å²) in [6.45, 7) is 3.72. The lowest BCUT2D eigenvalue weighted by atomic mass is 9.92. The molecule has 0 radical (unpaired) electrons. The van der Waals surface area contributed by atoms with Crippen LogP contribution in [0, 0.1) is 11.6 Å². The van der Waals surface area contributed by atoms with Gasteiger partial charge < -0.3 is 9.47 Å². The molecule has 5 nitrogen and oxygen atoms in total. The molecular weight excluding hydrogens is 392 g/mol. The normalized spacial score (nSPS) is 10.7. The standard InChI is InChI=1S/C23H19F2NO4/c1-13(2)20-18(12-27)19(14-4-8-16(24)9-5-14)22(30-23(28)29-3)21(26-20)15-6-10-17(25)11-7-15/h4-13H,1-3H3. The van der Waals surface area contributed by atoms with Crippen molar-refractivity contribution in [3.8, 4) is 28.1 Å². The number of hydrogen-bond donors (Lipinski definition) is 0. The van der Waals surface area contributed by atoms with Gasteiger partial charge in [0.25, 0.3) is 0 Å². The second kappa shape index (κ2) is 8.82. The highest BCUT2D eigenvalue weighted by Gasteiger charge is 2.26. The maximum absolute atomic E-state index is 13.5. The summed E-state index contributed by atoms with van der Waals surface area (Å²) in [5, 5.41) is 0. The molecule has 0 aliphatic rings. The third-order valence-corrected chi connectivity index (χ3v) is 4.49. The number of pyridine rings is 1. The minimum Gasteiger partial charge on any atom is -0.437 e. The molecule has 0 atom stereocenters. The van der Waals surface area contributed by atoms with Crippen molar-refractivity contribution in [1.82, 2.24) is 4.98 Å². The zero-order chi connectivity index (χ0) is 21.8. The van der Waals surface area contributed by atoms with E-state index in [2.05, 4.69) is 9.72 Å². The second-order valence-electron chi connectivity index (χ2n) is 6.81. The zero-order valence-electron chi connectivity index (χ0n) is 16.6. The molecule has 1 heterocycles. The average molecular weight is 411 g/mol. The summed E-state index contributed by atoms with van der Waals surface area (Å²) < 4.78 is 37.0. The third kappa shape index (κ3) is 4.20. The van der Waals surface area contributed by atoms with Crippen molar-refractivity contribution >= 4 is 12.4 Å². The van der Waals surface area contributed by atoms with E-state index in [1.54, 1.807) is 0 Å². The number of carbonyl (C=O) groups excluding carboxylic acids is 2. The van der Waals surface area contributed by atoms with Crippen molar-refractivity contribution in [1.29, 1.82) is 0 Å². The van der Waals surface area contributed by atoms with Gasteiger partial charge in [0, 0.05) is 16.7 Å². The van der Waals surface area contributed by atoms with Crippen LogP contribution in [-0.4, -0.2) is 24.5 Å². The number of carbonyl (C=O) groups is 2. The van der Waals surface area contributed by atoms with E-state index in [0.717, 1.165) is 7.11 Å². The van der Waals surface area contributed by atoms with Crippen molar-refractivity contribution in [3.05, 3.63) is 71.4 Å². The first-order valence-corrected chi connectivity index (χ1v) is 9.16. The molecule has 154 valence electrons. The van der Waals surface area contributed by atoms with E-state index in [1.807, 2.05) is 13.8 Å². The van der Waals surface area contributed by atoms with E-state index in [4.69, 9.17) is 4.74 Å². The molecule has 0 amide bonds. The van der Waals surface area contributed by atoms with Crippen LogP contribution in [-0.2, 0) is 4.74 Å². The SMILES string of the molecule is COC(=O)Oc1c(-c2ccc(F)cc2)nc(C(C)C)c(C=O)c1-c1ccc(F)cc1. The van der Waals surface area contributed by atoms with Crippen LogP contribution in [0.3, 0.4) is 0 Å². The Balaban J connectivity index is 2.43. The minimum atomic E-state index is -1.02. The predicted molar refractivity (Wildman–Crippen MR) is 108 cm³/mol. The van der Waals surface area contributed by atoms with Gasteiger partial charge in [0.1, 0.15) is 17.3 Å². The Kier molecular flexibility index (Phi) is 6.20. The number of hydrogen-bond acceptors (Lipinski definition) is 5. The molecule has 0 aliphatic carbocycles. The lowest BCUT2D eigenvalue weighted by molar-refractivity contribution is 0.111. The Hall–Kier alpha value is -3.61. The molecule has 1 aromatic heterocycles. The molecule has 0 aliphatic heterocycles. The van der Waals surface area contributed by atoms with E-state index in [1.165, 1.54) is 48.5 Å². The van der Waals surface area contributed by atoms with Crippen LogP contribution in [0.25, 0.3) is 22.4 Å². The van der Waals surface area contributed by atoms with Gasteiger partial charge in [0.15, 0.2) is 12.0 Å². The van der Waals surface area contributed by atoms with Crippen molar-refractivity contribution in [2.45, 2.75) is 19.8 Å². The van der Waals surface area contributed by atoms with Gasteiger partial charge in [-0.2, -0.15) is 0 Å². The highest BCUT2D eigenvalue weighted by molar-refractivity contribution is 5.96. The molecule has 0 saturated heterocycles. The second-order valence-corrected chi connectivity index (χ2v) is 6.81. The number of rotatable bonds is 5. The molecule has 2 aromatic carbocycles. The van der Waals surface area contributed by atoms with E-state index >= 15 is 0 Å². The van der Waals surface area contributed by atoms with E-state index < -0.39 is 17.8 Å². The van der Waals surface area contributed by atoms with Gasteiger partial charge in [-0.15, -0.1) is 0 Å². The van der Waals surface area contributed by atoms with Gasteiger partial charge in [-0.3, -0.25) is 4.79 Å². The number of nitrogens with zero attached hydrogens (tertiary/aromatic N) is 1. The Bertz CT molecular complexity index is 1080. The monoisotopic (exact) mass is 411 g/mol. The van der Waals surface area contributed by atoms with Gasteiger partial charge >= 0.3 is 6.16 Å². The van der Waals surface area contributed by atoms with Crippen LogP contribution < -0.4 is 4.74 Å². The zero-order valence-corrected chi connectivity index (χ0v) is 16.6. The first-order chi connectivity index (χ1) is 14.3. The fourth-order valence-electron chi connectivity index (χ4n) is 3.09. The van der Waals surface area contributed by atoms with Gasteiger partial charge in [-0.1, -0.05) is 26.0 Å². The topological polar surface area (TPSA) is 65.5 Å². The molecule has 0 bridgehead atoms. The lowest BCUT2D eigenvalue weighted by Gasteiger charge is -2.20. The van der Waals surface area contributed by atoms with Crippen molar-refractivity contribution < 1.29 is 27.8 Å². The summed E-state index contributed by atoms with van der Waals surface area (Å²) in [6.07, 6.45) is -0.391. The van der Waals surface area contributed by atoms with Crippen molar-refractivity contribution in [2.75, 3.05) is 7.11 Å². The average Bonchev–Trinajstić information content (AvgIpc) is 2.74. The molecule has 0 spiro atoms. The number of ether oxygens (including phenoxy) is 2. The highest BCUT2D eigenvalue weighted by atomic mass is 19.1. The number of benzene rings is 2. The Morgan fingerprint density at radius 1 is 0.967 bits per heavy atom. The summed E-state index contributed by atoms with van der Waals surface area (Å²) >= 11 is 0. The maximum atomic E-state index is 13.5. The van der Waals surface area contributed by atoms with Gasteiger partial charge in [-0.25, -0.2) is 18.6 Å². The van der Waals surface area contributed by atoms with Crippen LogP contribution >= 0.6 is 0 Å². The summed E-state index contributed by atoms with van der Waals surface area (Å²) in [6, 6.07) is 10.9. The maximum Gasteiger partial charge on any atom is 0.513 e. The molecule has 0 unspecified atom stereocenters. The van der Waals surface area contributed by atoms with Crippen LogP contribution in [0.4, 0.5) is 13.6 Å². The molecule has 0 N–H and O–H groups in total. The number of aldehydes is 1. The third-order valence-electron chi connectivity index (χ3n) is 4.49. The van der Waals surface area contributed by atoms with E-state index in [0.29, 0.717) is 23.1 Å². The van der Waals surface area contributed by atoms with E-state index in [-0.39, 0.29) is 28.5 Å². The van der Waals surface area contributed by atoms with Crippen LogP contribution in [0.1, 0.15) is 35.8 Å². The quantitative estimate of drug-likeness (QED) is 0.394. The van der Waals surface area contributed by atoms with Gasteiger partial charge in [0.05, 0.1) is 12.8 Å². The lowest BCUT2D eigenvalue weighted by Crippen LogP contribution is -2.13. The molecule has 3 rings (SSSR count). The van der Waals surface area contributed by atoms with Gasteiger partial charge in [-0.05, 0) is 47.9 Å². The van der Waals surface area contributed by atoms with Gasteiger partial charge in [0.2, 0.25) is 0 Å². The smallest absolute Gasteiger partial charge is 0.437 e. The highest BCUT2D eigenvalue weighted by Crippen LogP contribution is 2.42. The summed E-state index contributed by atoms with van der Waals surface area (Å²) in [4.78, 5) is 28.6. The molecule has 7 heteroatoms. The molecule has 3 aromatic rings. The molecule has 0 saturated carbocycles. The summed E-state index contributed by atoms with van der Waals surface area (Å²) in [7, 11) is 1.15. The first-order valence-electron chi connectivity index (χ1n) is 9.16. The minimum absolute atomic E-state index is 0.0356.